The quantitative estimate of drug-likeness (QED) is 0.0319. The van der Waals surface area contributed by atoms with Gasteiger partial charge in [-0.15, -0.1) is 0 Å². The molecule has 0 aromatic rings. The number of aliphatic imine (C=N–C) groups is 1. The molecule has 18 heteroatoms. The number of rotatable bonds is 18. The van der Waals surface area contributed by atoms with Crippen molar-refractivity contribution in [1.82, 2.24) is 21.3 Å². The van der Waals surface area contributed by atoms with Crippen LogP contribution in [0.4, 0.5) is 0 Å². The van der Waals surface area contributed by atoms with Crippen LogP contribution in [-0.4, -0.2) is 100.0 Å². The Bertz CT molecular complexity index is 916. The Balaban J connectivity index is 5.78. The van der Waals surface area contributed by atoms with E-state index in [1.807, 2.05) is 0 Å². The van der Waals surface area contributed by atoms with E-state index in [0.717, 1.165) is 0 Å². The van der Waals surface area contributed by atoms with Crippen molar-refractivity contribution in [3.63, 3.8) is 0 Å². The molecule has 0 bridgehead atoms. The molecule has 4 amide bonds. The topological polar surface area (TPSA) is 281 Å². The molecule has 0 aliphatic carbocycles. The van der Waals surface area contributed by atoms with Gasteiger partial charge in [-0.1, -0.05) is 13.8 Å². The molecular formula is C21H38N8O8S2. The Morgan fingerprint density at radius 2 is 1.33 bits per heavy atom. The first-order valence-electron chi connectivity index (χ1n) is 11.8. The van der Waals surface area contributed by atoms with Crippen LogP contribution in [0.25, 0.3) is 0 Å². The summed E-state index contributed by atoms with van der Waals surface area (Å²) in [6.07, 6.45) is -0.622. The lowest BCUT2D eigenvalue weighted by atomic mass is 10.0. The number of hydrogen-bond donors (Lipinski definition) is 11. The molecule has 16 nitrogen and oxygen atoms in total. The van der Waals surface area contributed by atoms with E-state index in [0.29, 0.717) is 0 Å². The third kappa shape index (κ3) is 13.9. The standard InChI is InChI=1S/C21H38N8O8S2/c1-9(2)15(19(35)28-13(8-39)20(36)37)29-18(34)12(6-14(30)31)27-17(33)11(4-3-5-25-21(23)24)26-16(32)10(22)7-38/h9-13,15,38-39H,3-8,22H2,1-2H3,(H,26,32)(H,27,33)(H,28,35)(H,29,34)(H,30,31)(H,36,37)(H4,23,24,25)/t10-,11-,12-,13-,15-/m0/s1. The fourth-order valence-electron chi connectivity index (χ4n) is 3.03. The monoisotopic (exact) mass is 594 g/mol. The third-order valence-corrected chi connectivity index (χ3v) is 5.93. The van der Waals surface area contributed by atoms with E-state index in [-0.39, 0.29) is 36.9 Å². The summed E-state index contributed by atoms with van der Waals surface area (Å²) in [7, 11) is 0. The van der Waals surface area contributed by atoms with Gasteiger partial charge in [0, 0.05) is 18.1 Å². The summed E-state index contributed by atoms with van der Waals surface area (Å²) in [6, 6.07) is -6.54. The molecule has 0 saturated heterocycles. The van der Waals surface area contributed by atoms with E-state index in [1.54, 1.807) is 13.8 Å². The van der Waals surface area contributed by atoms with Crippen molar-refractivity contribution < 1.29 is 39.0 Å². The number of nitrogens with one attached hydrogen (secondary N) is 4. The second kappa shape index (κ2) is 18.1. The van der Waals surface area contributed by atoms with Crippen molar-refractivity contribution in [2.75, 3.05) is 18.1 Å². The van der Waals surface area contributed by atoms with Crippen molar-refractivity contribution >= 4 is 66.8 Å². The van der Waals surface area contributed by atoms with Crippen LogP contribution >= 0.6 is 25.3 Å². The molecule has 0 aromatic heterocycles. The van der Waals surface area contributed by atoms with Gasteiger partial charge in [-0.05, 0) is 18.8 Å². The molecule has 0 rings (SSSR count). The van der Waals surface area contributed by atoms with E-state index in [4.69, 9.17) is 22.3 Å². The lowest BCUT2D eigenvalue weighted by Gasteiger charge is -2.27. The van der Waals surface area contributed by atoms with Crippen LogP contribution in [0.15, 0.2) is 4.99 Å². The zero-order chi connectivity index (χ0) is 30.3. The molecule has 39 heavy (non-hydrogen) atoms. The number of carboxylic acids is 2. The van der Waals surface area contributed by atoms with Crippen LogP contribution in [0.1, 0.15) is 33.1 Å². The number of nitrogens with zero attached hydrogens (tertiary/aromatic N) is 1. The SMILES string of the molecule is CC(C)[C@H](NC(=O)[C@H](CC(=O)O)NC(=O)[C@H](CCCN=C(N)N)NC(=O)[C@@H](N)CS)C(=O)N[C@@H](CS)C(=O)O. The molecular weight excluding hydrogens is 556 g/mol. The van der Waals surface area contributed by atoms with Crippen molar-refractivity contribution in [2.45, 2.75) is 63.3 Å². The van der Waals surface area contributed by atoms with Crippen LogP contribution in [0.2, 0.25) is 0 Å². The average Bonchev–Trinajstić information content (AvgIpc) is 2.85. The summed E-state index contributed by atoms with van der Waals surface area (Å²) >= 11 is 7.81. The first-order valence-corrected chi connectivity index (χ1v) is 13.1. The van der Waals surface area contributed by atoms with Crippen LogP contribution in [0, 0.1) is 5.92 Å². The summed E-state index contributed by atoms with van der Waals surface area (Å²) in [5, 5.41) is 27.8. The molecule has 5 atom stereocenters. The van der Waals surface area contributed by atoms with Gasteiger partial charge in [0.25, 0.3) is 0 Å². The Kier molecular flexibility index (Phi) is 16.6. The van der Waals surface area contributed by atoms with Gasteiger partial charge < -0.3 is 48.7 Å². The van der Waals surface area contributed by atoms with E-state index >= 15 is 0 Å². The Labute approximate surface area is 236 Å². The lowest BCUT2D eigenvalue weighted by Crippen LogP contribution is -2.60. The molecule has 0 unspecified atom stereocenters. The molecule has 0 aliphatic rings. The van der Waals surface area contributed by atoms with Gasteiger partial charge >= 0.3 is 11.9 Å². The fraction of sp³-hybridized carbons (Fsp3) is 0.667. The number of aliphatic carboxylic acids is 2. The van der Waals surface area contributed by atoms with Crippen LogP contribution < -0.4 is 38.5 Å². The number of thiol groups is 2. The minimum atomic E-state index is -1.65. The number of guanidine groups is 1. The first-order chi connectivity index (χ1) is 18.1. The second-order valence-electron chi connectivity index (χ2n) is 8.77. The second-order valence-corrected chi connectivity index (χ2v) is 9.50. The lowest BCUT2D eigenvalue weighted by molar-refractivity contribution is -0.143. The molecule has 0 spiro atoms. The number of carboxylic acid groups (broad SMARTS) is 2. The number of amides is 4. The number of carbonyl (C=O) groups is 6. The maximum absolute atomic E-state index is 13.0. The zero-order valence-electron chi connectivity index (χ0n) is 21.6. The normalized spacial score (nSPS) is 14.6. The minimum absolute atomic E-state index is 0.00633. The molecule has 222 valence electrons. The van der Waals surface area contributed by atoms with Crippen molar-refractivity contribution in [2.24, 2.45) is 28.1 Å². The van der Waals surface area contributed by atoms with Gasteiger partial charge in [-0.25, -0.2) is 4.79 Å². The van der Waals surface area contributed by atoms with E-state index in [1.165, 1.54) is 0 Å². The fourth-order valence-corrected chi connectivity index (χ4v) is 3.44. The average molecular weight is 595 g/mol. The third-order valence-electron chi connectivity index (χ3n) is 5.17. The Morgan fingerprint density at radius 1 is 0.795 bits per heavy atom. The van der Waals surface area contributed by atoms with Gasteiger partial charge in [0.1, 0.15) is 24.2 Å². The molecule has 0 aromatic carbocycles. The summed E-state index contributed by atoms with van der Waals surface area (Å²) < 4.78 is 0. The van der Waals surface area contributed by atoms with Gasteiger partial charge in [-0.3, -0.25) is 29.0 Å². The largest absolute Gasteiger partial charge is 0.481 e. The van der Waals surface area contributed by atoms with Crippen molar-refractivity contribution in [3.05, 3.63) is 0 Å². The predicted molar refractivity (Wildman–Crippen MR) is 148 cm³/mol. The molecule has 0 radical (unpaired) electrons. The highest BCUT2D eigenvalue weighted by atomic mass is 32.1. The van der Waals surface area contributed by atoms with Crippen molar-refractivity contribution in [1.29, 1.82) is 0 Å². The van der Waals surface area contributed by atoms with E-state index in [9.17, 15) is 33.9 Å². The number of carbonyl (C=O) groups excluding carboxylic acids is 4. The molecule has 0 saturated carbocycles. The highest BCUT2D eigenvalue weighted by molar-refractivity contribution is 7.80. The van der Waals surface area contributed by atoms with E-state index < -0.39 is 78.1 Å². The highest BCUT2D eigenvalue weighted by Crippen LogP contribution is 2.07. The summed E-state index contributed by atoms with van der Waals surface area (Å²) in [4.78, 5) is 77.4. The molecule has 0 fully saturated rings. The van der Waals surface area contributed by atoms with Crippen LogP contribution in [0.3, 0.4) is 0 Å². The predicted octanol–water partition coefficient (Wildman–Crippen LogP) is -3.62. The van der Waals surface area contributed by atoms with Gasteiger partial charge in [0.2, 0.25) is 23.6 Å². The maximum Gasteiger partial charge on any atom is 0.327 e. The maximum atomic E-state index is 13.0. The van der Waals surface area contributed by atoms with E-state index in [2.05, 4.69) is 51.5 Å². The summed E-state index contributed by atoms with van der Waals surface area (Å²) in [6.45, 7) is 3.26. The number of nitrogens with two attached hydrogens (primary N) is 3. The summed E-state index contributed by atoms with van der Waals surface area (Å²) in [5.74, 6) is -7.20. The van der Waals surface area contributed by atoms with Crippen LogP contribution in [-0.2, 0) is 28.8 Å². The van der Waals surface area contributed by atoms with Gasteiger partial charge in [0.15, 0.2) is 5.96 Å². The first kappa shape index (κ1) is 35.8. The molecule has 0 aliphatic heterocycles. The van der Waals surface area contributed by atoms with Crippen LogP contribution in [0.5, 0.6) is 0 Å². The Hall–Kier alpha value is -3.25. The zero-order valence-corrected chi connectivity index (χ0v) is 23.4. The highest BCUT2D eigenvalue weighted by Gasteiger charge is 2.33. The molecule has 0 heterocycles. The smallest absolute Gasteiger partial charge is 0.327 e. The molecule has 12 N–H and O–H groups in total. The minimum Gasteiger partial charge on any atom is -0.481 e. The Morgan fingerprint density at radius 3 is 1.79 bits per heavy atom. The van der Waals surface area contributed by atoms with Gasteiger partial charge in [0.05, 0.1) is 12.5 Å². The summed E-state index contributed by atoms with van der Waals surface area (Å²) in [5.41, 5.74) is 16.2. The van der Waals surface area contributed by atoms with Crippen molar-refractivity contribution in [3.8, 4) is 0 Å². The number of hydrogen-bond acceptors (Lipinski definition) is 10. The van der Waals surface area contributed by atoms with Gasteiger partial charge in [-0.2, -0.15) is 25.3 Å².